The molecule has 2 amide bonds. The highest BCUT2D eigenvalue weighted by molar-refractivity contribution is 7.91. The van der Waals surface area contributed by atoms with E-state index in [1.54, 1.807) is 62.6 Å². The van der Waals surface area contributed by atoms with Crippen LogP contribution in [0, 0.1) is 49.4 Å². The van der Waals surface area contributed by atoms with Crippen LogP contribution < -0.4 is 28.7 Å². The first-order valence-corrected chi connectivity index (χ1v) is 38.0. The Morgan fingerprint density at radius 1 is 0.573 bits per heavy atom. The molecule has 6 heterocycles. The van der Waals surface area contributed by atoms with Crippen molar-refractivity contribution in [3.05, 3.63) is 176 Å². The van der Waals surface area contributed by atoms with Crippen LogP contribution >= 0.6 is 23.2 Å². The van der Waals surface area contributed by atoms with Crippen LogP contribution in [0.1, 0.15) is 158 Å². The second-order valence-corrected chi connectivity index (χ2v) is 34.2. The molecule has 0 radical (unpaired) electrons. The van der Waals surface area contributed by atoms with Crippen LogP contribution in [-0.2, 0) is 69.0 Å². The summed E-state index contributed by atoms with van der Waals surface area (Å²) in [5, 5.41) is 25.1. The number of nitrogens with zero attached hydrogens (tertiary/aromatic N) is 6. The molecule has 4 aromatic carbocycles. The minimum Gasteiger partial charge on any atom is -0.490 e. The third kappa shape index (κ3) is 12.4. The number of hydrogen-bond acceptors (Lipinski definition) is 14. The van der Waals surface area contributed by atoms with Gasteiger partial charge in [0.15, 0.2) is 0 Å². The number of sulfonamides is 2. The number of imidazole rings is 2. The van der Waals surface area contributed by atoms with E-state index in [0.717, 1.165) is 109 Å². The maximum absolute atomic E-state index is 13.5. The first kappa shape index (κ1) is 67.9. The maximum Gasteiger partial charge on any atom is 0.264 e. The van der Waals surface area contributed by atoms with E-state index in [1.807, 2.05) is 87.4 Å². The van der Waals surface area contributed by atoms with Crippen molar-refractivity contribution < 1.29 is 46.1 Å². The number of nitrogens with one attached hydrogen (secondary N) is 2. The Labute approximate surface area is 575 Å². The van der Waals surface area contributed by atoms with Gasteiger partial charge < -0.3 is 38.6 Å². The number of hydrogen-bond donors (Lipinski definition) is 4. The van der Waals surface area contributed by atoms with E-state index in [4.69, 9.17) is 32.7 Å². The number of ether oxygens (including phenoxy) is 2. The molecule has 96 heavy (non-hydrogen) atoms. The molecule has 0 unspecified atom stereocenters. The third-order valence-corrected chi connectivity index (χ3v) is 27.8. The number of aryl methyl sites for hydroxylation is 4. The number of halogens is 2. The molecule has 6 aromatic rings. The Hall–Kier alpha value is -6.68. The average Bonchev–Trinajstić information content (AvgIpc) is 1.38. The number of aromatic nitrogens is 4. The highest BCUT2D eigenvalue weighted by Gasteiger charge is 2.52. The van der Waals surface area contributed by atoms with E-state index in [9.17, 15) is 36.6 Å². The number of fused-ring (bicyclic) bond motifs is 8. The predicted molar refractivity (Wildman–Crippen MR) is 374 cm³/mol. The minimum atomic E-state index is -4.00. The summed E-state index contributed by atoms with van der Waals surface area (Å²) in [4.78, 5) is 40.8. The smallest absolute Gasteiger partial charge is 0.264 e. The third-order valence-electron chi connectivity index (χ3n) is 23.5. The highest BCUT2D eigenvalue weighted by Crippen LogP contribution is 2.54. The Morgan fingerprint density at radius 3 is 1.34 bits per heavy atom. The van der Waals surface area contributed by atoms with Crippen LogP contribution in [0.2, 0.25) is 10.0 Å². The van der Waals surface area contributed by atoms with Gasteiger partial charge in [0.1, 0.15) is 34.3 Å². The van der Waals surface area contributed by atoms with Crippen molar-refractivity contribution in [3.63, 3.8) is 0 Å². The van der Waals surface area contributed by atoms with Gasteiger partial charge in [0.05, 0.1) is 58.9 Å². The summed E-state index contributed by atoms with van der Waals surface area (Å²) in [7, 11) is -4.14. The summed E-state index contributed by atoms with van der Waals surface area (Å²) in [5.41, 5.74) is 5.20. The molecule has 18 nitrogen and oxygen atoms in total. The summed E-state index contributed by atoms with van der Waals surface area (Å²) >= 11 is 12.9. The quantitative estimate of drug-likeness (QED) is 0.118. The van der Waals surface area contributed by atoms with Gasteiger partial charge in [-0.15, -0.1) is 0 Å². The van der Waals surface area contributed by atoms with Gasteiger partial charge in [-0.2, -0.15) is 0 Å². The second kappa shape index (κ2) is 25.9. The van der Waals surface area contributed by atoms with Crippen LogP contribution in [0.25, 0.3) is 0 Å². The fourth-order valence-electron chi connectivity index (χ4n) is 16.8. The molecule has 14 rings (SSSR count). The Kier molecular flexibility index (Phi) is 18.3. The first-order chi connectivity index (χ1) is 45.6. The molecule has 0 saturated heterocycles. The van der Waals surface area contributed by atoms with Gasteiger partial charge in [0.25, 0.3) is 11.8 Å². The summed E-state index contributed by atoms with van der Waals surface area (Å²) in [6.45, 7) is 14.3. The fourth-order valence-corrected chi connectivity index (χ4v) is 19.8. The van der Waals surface area contributed by atoms with Crippen LogP contribution in [0.5, 0.6) is 11.5 Å². The lowest BCUT2D eigenvalue weighted by molar-refractivity contribution is -0.0549. The SMILES string of the molecule is Cc1ncc([C@@]2(O)/C=C/C[C@H](C)[C@@H](C)S(=O)(=O)NC(=O)c3ccc4c(c3)N(C[C@@H]3CC[C@H]32)C[C@@]2(CCCc3cc(Cl)ccc32)CO4)n1C.Cc1ncc([C@]2(O)/C=C/C[C@H](C)[C@@H](C)S(=O)(=O)NC(=O)c3ccc4c(c3)N(C[C@@H]3CC[C@H]32)C[C@@]2(CCCc3cc(Cl)ccc32)CO4)n1C. The van der Waals surface area contributed by atoms with Gasteiger partial charge >= 0.3 is 0 Å². The largest absolute Gasteiger partial charge is 0.490 e. The van der Waals surface area contributed by atoms with Crippen LogP contribution in [0.4, 0.5) is 11.4 Å². The Morgan fingerprint density at radius 2 is 0.979 bits per heavy atom. The second-order valence-electron chi connectivity index (χ2n) is 29.2. The lowest BCUT2D eigenvalue weighted by Crippen LogP contribution is -2.52. The van der Waals surface area contributed by atoms with E-state index >= 15 is 0 Å². The van der Waals surface area contributed by atoms with Gasteiger partial charge in [-0.25, -0.2) is 36.2 Å². The normalized spacial score (nSPS) is 32.2. The fraction of sp³-hybridized carbons (Fsp3) is 0.514. The monoisotopic (exact) mass is 1380 g/mol. The Balaban J connectivity index is 0.000000174. The lowest BCUT2D eigenvalue weighted by Gasteiger charge is -2.49. The van der Waals surface area contributed by atoms with E-state index < -0.39 is 53.6 Å². The Bertz CT molecular complexity index is 4050. The van der Waals surface area contributed by atoms with Crippen molar-refractivity contribution in [3.8, 4) is 11.5 Å². The lowest BCUT2D eigenvalue weighted by atomic mass is 9.63. The van der Waals surface area contributed by atoms with Crippen molar-refractivity contribution in [2.75, 3.05) is 49.2 Å². The van der Waals surface area contributed by atoms with Crippen LogP contribution in [-0.4, -0.2) is 108 Å². The topological polar surface area (TPSA) is 228 Å². The van der Waals surface area contributed by atoms with Gasteiger partial charge in [0.2, 0.25) is 20.0 Å². The molecule has 2 aromatic heterocycles. The molecule has 4 aliphatic carbocycles. The van der Waals surface area contributed by atoms with Crippen LogP contribution in [0.15, 0.2) is 109 Å². The van der Waals surface area contributed by atoms with Gasteiger partial charge in [0, 0.05) is 84.1 Å². The number of carbonyl (C=O) groups is 2. The molecule has 512 valence electrons. The molecule has 12 atom stereocenters. The molecule has 2 saturated carbocycles. The highest BCUT2D eigenvalue weighted by atomic mass is 35.5. The number of aliphatic hydroxyl groups is 2. The molecule has 4 N–H and O–H groups in total. The minimum absolute atomic E-state index is 0.0968. The molecule has 4 aliphatic heterocycles. The van der Waals surface area contributed by atoms with E-state index in [0.29, 0.717) is 63.7 Å². The number of allylic oxidation sites excluding steroid dienone is 2. The maximum atomic E-state index is 13.5. The van der Waals surface area contributed by atoms with Crippen molar-refractivity contribution >= 4 is 66.4 Å². The number of anilines is 2. The summed E-state index contributed by atoms with van der Waals surface area (Å²) in [5.74, 6) is 1.07. The molecule has 2 fully saturated rings. The van der Waals surface area contributed by atoms with Gasteiger partial charge in [-0.3, -0.25) is 9.59 Å². The molecular weight excluding hydrogens is 1300 g/mol. The summed E-state index contributed by atoms with van der Waals surface area (Å²) < 4.78 is 75.6. The zero-order valence-corrected chi connectivity index (χ0v) is 59.3. The standard InChI is InChI=1S/2C37H45ClN4O5S/c2*1-23-7-5-16-37(44,34-19-39-25(3)41(34)4)31-12-9-28(31)20-42-21-36(15-6-8-26-17-29(38)11-13-30(26)36)22-47-33-14-10-27(18-32(33)42)35(43)40-48(45,46)24(23)2/h2*5,10-11,13-14,16-19,23-24,28,31,44H,6-9,12,15,20-22H2,1-4H3,(H,40,43)/b2*16-5+/t23-,24+,28-,31+,36-,37+;23-,24+,28-,31+,36-,37-/m00/s1. The molecular formula is C74H90Cl2N8O10S2. The van der Waals surface area contributed by atoms with Crippen molar-refractivity contribution in [2.45, 2.75) is 151 Å². The number of rotatable bonds is 2. The van der Waals surface area contributed by atoms with E-state index in [1.165, 1.54) is 22.3 Å². The van der Waals surface area contributed by atoms with Gasteiger partial charge in [-0.1, -0.05) is 73.5 Å². The van der Waals surface area contributed by atoms with Crippen LogP contribution in [0.3, 0.4) is 0 Å². The van der Waals surface area contributed by atoms with E-state index in [2.05, 4.69) is 53.5 Å². The van der Waals surface area contributed by atoms with E-state index in [-0.39, 0.29) is 57.5 Å². The molecule has 2 spiro atoms. The van der Waals surface area contributed by atoms with Gasteiger partial charge in [-0.05, 0) is 211 Å². The predicted octanol–water partition coefficient (Wildman–Crippen LogP) is 11.6. The molecule has 22 heteroatoms. The molecule has 8 aliphatic rings. The van der Waals surface area contributed by atoms with Crippen molar-refractivity contribution in [2.24, 2.45) is 49.6 Å². The average molecular weight is 1390 g/mol. The zero-order chi connectivity index (χ0) is 68.0. The number of amides is 2. The van der Waals surface area contributed by atoms with Crippen molar-refractivity contribution in [1.29, 1.82) is 0 Å². The van der Waals surface area contributed by atoms with Crippen molar-refractivity contribution in [1.82, 2.24) is 28.5 Å². The first-order valence-electron chi connectivity index (χ1n) is 34.1. The molecule has 4 bridgehead atoms. The number of benzene rings is 4. The summed E-state index contributed by atoms with van der Waals surface area (Å²) in [6, 6.07) is 22.7. The number of carbonyl (C=O) groups excluding carboxylic acids is 2. The summed E-state index contributed by atoms with van der Waals surface area (Å²) in [6.07, 6.45) is 21.2. The zero-order valence-electron chi connectivity index (χ0n) is 56.2.